The van der Waals surface area contributed by atoms with Gasteiger partial charge in [-0.1, -0.05) is 19.8 Å². The molecule has 1 aliphatic rings. The summed E-state index contributed by atoms with van der Waals surface area (Å²) in [6, 6.07) is 0. The van der Waals surface area contributed by atoms with Crippen LogP contribution >= 0.6 is 0 Å². The third kappa shape index (κ3) is 4.20. The summed E-state index contributed by atoms with van der Waals surface area (Å²) in [6.45, 7) is 3.12. The Morgan fingerprint density at radius 3 is 2.80 bits per heavy atom. The van der Waals surface area contributed by atoms with Gasteiger partial charge in [0.05, 0.1) is 0 Å². The van der Waals surface area contributed by atoms with Crippen molar-refractivity contribution in [3.63, 3.8) is 0 Å². The van der Waals surface area contributed by atoms with Gasteiger partial charge >= 0.3 is 0 Å². The average Bonchev–Trinajstić information content (AvgIpc) is 2.70. The third-order valence-corrected chi connectivity index (χ3v) is 3.37. The van der Waals surface area contributed by atoms with Crippen LogP contribution in [0.15, 0.2) is 0 Å². The maximum Gasteiger partial charge on any atom is 0.220 e. The number of aliphatic hydroxyl groups excluding tert-OH is 1. The van der Waals surface area contributed by atoms with Crippen LogP contribution in [-0.4, -0.2) is 24.2 Å². The molecule has 3 heteroatoms. The van der Waals surface area contributed by atoms with Crippen molar-refractivity contribution in [2.24, 2.45) is 11.8 Å². The first-order valence-corrected chi connectivity index (χ1v) is 6.15. The molecule has 0 aromatic rings. The van der Waals surface area contributed by atoms with Crippen molar-refractivity contribution in [3.8, 4) is 0 Å². The molecule has 2 unspecified atom stereocenters. The summed E-state index contributed by atoms with van der Waals surface area (Å²) in [4.78, 5) is 11.4. The van der Waals surface area contributed by atoms with Crippen molar-refractivity contribution in [1.82, 2.24) is 5.32 Å². The molecule has 0 saturated heterocycles. The number of rotatable bonds is 6. The average molecular weight is 213 g/mol. The van der Waals surface area contributed by atoms with Gasteiger partial charge in [-0.15, -0.1) is 0 Å². The molecule has 1 aliphatic carbocycles. The van der Waals surface area contributed by atoms with Crippen molar-refractivity contribution in [3.05, 3.63) is 0 Å². The number of hydrogen-bond donors (Lipinski definition) is 2. The van der Waals surface area contributed by atoms with Crippen LogP contribution in [0.25, 0.3) is 0 Å². The molecule has 1 rings (SSSR count). The Morgan fingerprint density at radius 1 is 1.40 bits per heavy atom. The van der Waals surface area contributed by atoms with E-state index >= 15 is 0 Å². The summed E-state index contributed by atoms with van der Waals surface area (Å²) in [5.74, 6) is 1.08. The first kappa shape index (κ1) is 12.5. The zero-order valence-corrected chi connectivity index (χ0v) is 9.67. The lowest BCUT2D eigenvalue weighted by Gasteiger charge is -2.17. The van der Waals surface area contributed by atoms with E-state index in [4.69, 9.17) is 5.11 Å². The summed E-state index contributed by atoms with van der Waals surface area (Å²) in [6.07, 6.45) is 6.15. The normalized spacial score (nSPS) is 25.5. The minimum Gasteiger partial charge on any atom is -0.396 e. The smallest absolute Gasteiger partial charge is 0.220 e. The van der Waals surface area contributed by atoms with E-state index < -0.39 is 0 Å². The summed E-state index contributed by atoms with van der Waals surface area (Å²) in [5.41, 5.74) is 0. The van der Waals surface area contributed by atoms with Gasteiger partial charge in [0.1, 0.15) is 0 Å². The molecule has 0 aromatic carbocycles. The van der Waals surface area contributed by atoms with Crippen molar-refractivity contribution in [1.29, 1.82) is 0 Å². The van der Waals surface area contributed by atoms with Crippen LogP contribution < -0.4 is 5.32 Å². The third-order valence-electron chi connectivity index (χ3n) is 3.37. The molecular formula is C12H23NO2. The van der Waals surface area contributed by atoms with Crippen molar-refractivity contribution < 1.29 is 9.90 Å². The largest absolute Gasteiger partial charge is 0.396 e. The van der Waals surface area contributed by atoms with Gasteiger partial charge in [0.15, 0.2) is 0 Å². The van der Waals surface area contributed by atoms with Crippen LogP contribution in [0.4, 0.5) is 0 Å². The molecule has 0 aliphatic heterocycles. The molecule has 3 nitrogen and oxygen atoms in total. The molecule has 0 aromatic heterocycles. The highest BCUT2D eigenvalue weighted by Gasteiger charge is 2.26. The van der Waals surface area contributed by atoms with Crippen LogP contribution in [0.2, 0.25) is 0 Å². The van der Waals surface area contributed by atoms with Gasteiger partial charge in [-0.05, 0) is 31.1 Å². The molecule has 2 atom stereocenters. The second kappa shape index (κ2) is 6.83. The number of aliphatic hydroxyl groups is 1. The molecule has 0 spiro atoms. The number of carbonyl (C=O) groups is 1. The predicted octanol–water partition coefficient (Wildman–Crippen LogP) is 1.70. The topological polar surface area (TPSA) is 49.3 Å². The van der Waals surface area contributed by atoms with E-state index in [0.29, 0.717) is 18.3 Å². The lowest BCUT2D eigenvalue weighted by Crippen LogP contribution is -2.31. The highest BCUT2D eigenvalue weighted by atomic mass is 16.3. The van der Waals surface area contributed by atoms with Crippen LogP contribution in [0.3, 0.4) is 0 Å². The Hall–Kier alpha value is -0.570. The van der Waals surface area contributed by atoms with Gasteiger partial charge in [0, 0.05) is 19.6 Å². The molecule has 0 radical (unpaired) electrons. The molecule has 1 saturated carbocycles. The van der Waals surface area contributed by atoms with E-state index in [1.54, 1.807) is 0 Å². The van der Waals surface area contributed by atoms with Gasteiger partial charge in [-0.3, -0.25) is 4.79 Å². The van der Waals surface area contributed by atoms with Gasteiger partial charge in [0.2, 0.25) is 5.91 Å². The fourth-order valence-electron chi connectivity index (χ4n) is 2.29. The minimum atomic E-state index is 0.167. The molecule has 0 heterocycles. The molecular weight excluding hydrogens is 190 g/mol. The molecule has 15 heavy (non-hydrogen) atoms. The van der Waals surface area contributed by atoms with Crippen LogP contribution in [-0.2, 0) is 4.79 Å². The van der Waals surface area contributed by atoms with Crippen molar-refractivity contribution in [2.75, 3.05) is 13.2 Å². The van der Waals surface area contributed by atoms with Crippen LogP contribution in [0.1, 0.15) is 45.4 Å². The van der Waals surface area contributed by atoms with E-state index in [9.17, 15) is 4.79 Å². The van der Waals surface area contributed by atoms with Crippen molar-refractivity contribution >= 4 is 5.91 Å². The maximum atomic E-state index is 11.4. The first-order valence-electron chi connectivity index (χ1n) is 6.15. The number of unbranched alkanes of at least 4 members (excludes halogenated alkanes) is 1. The maximum absolute atomic E-state index is 11.4. The summed E-state index contributed by atoms with van der Waals surface area (Å²) < 4.78 is 0. The van der Waals surface area contributed by atoms with Gasteiger partial charge in [0.25, 0.3) is 0 Å². The van der Waals surface area contributed by atoms with Crippen LogP contribution in [0, 0.1) is 11.8 Å². The highest BCUT2D eigenvalue weighted by molar-refractivity contribution is 5.75. The second-order valence-electron chi connectivity index (χ2n) is 4.54. The monoisotopic (exact) mass is 213 g/mol. The zero-order chi connectivity index (χ0) is 11.1. The molecule has 1 amide bonds. The standard InChI is InChI=1S/C12H23NO2/c1-2-3-7-12(15)13-8-10-5-4-6-11(10)9-14/h10-11,14H,2-9H2,1H3,(H,13,15). The van der Waals surface area contributed by atoms with E-state index in [0.717, 1.165) is 32.2 Å². The predicted molar refractivity (Wildman–Crippen MR) is 60.5 cm³/mol. The van der Waals surface area contributed by atoms with Crippen molar-refractivity contribution in [2.45, 2.75) is 45.4 Å². The summed E-state index contributed by atoms with van der Waals surface area (Å²) >= 11 is 0. The molecule has 88 valence electrons. The Morgan fingerprint density at radius 2 is 2.13 bits per heavy atom. The quantitative estimate of drug-likeness (QED) is 0.705. The Bertz CT molecular complexity index is 194. The van der Waals surface area contributed by atoms with Gasteiger partial charge in [-0.25, -0.2) is 0 Å². The Labute approximate surface area is 92.3 Å². The van der Waals surface area contributed by atoms with E-state index in [-0.39, 0.29) is 12.5 Å². The fourth-order valence-corrected chi connectivity index (χ4v) is 2.29. The minimum absolute atomic E-state index is 0.167. The van der Waals surface area contributed by atoms with Crippen LogP contribution in [0.5, 0.6) is 0 Å². The second-order valence-corrected chi connectivity index (χ2v) is 4.54. The zero-order valence-electron chi connectivity index (χ0n) is 9.67. The van der Waals surface area contributed by atoms with E-state index in [2.05, 4.69) is 12.2 Å². The summed E-state index contributed by atoms with van der Waals surface area (Å²) in [7, 11) is 0. The Kier molecular flexibility index (Phi) is 5.69. The van der Waals surface area contributed by atoms with Gasteiger partial charge in [-0.2, -0.15) is 0 Å². The lowest BCUT2D eigenvalue weighted by atomic mass is 9.97. The fraction of sp³-hybridized carbons (Fsp3) is 0.917. The lowest BCUT2D eigenvalue weighted by molar-refractivity contribution is -0.121. The summed E-state index contributed by atoms with van der Waals surface area (Å²) in [5, 5.41) is 12.1. The Balaban J connectivity index is 2.15. The number of nitrogens with one attached hydrogen (secondary N) is 1. The van der Waals surface area contributed by atoms with Gasteiger partial charge < -0.3 is 10.4 Å². The number of hydrogen-bond acceptors (Lipinski definition) is 2. The highest BCUT2D eigenvalue weighted by Crippen LogP contribution is 2.30. The first-order chi connectivity index (χ1) is 7.27. The molecule has 0 bridgehead atoms. The van der Waals surface area contributed by atoms with E-state index in [1.807, 2.05) is 0 Å². The van der Waals surface area contributed by atoms with E-state index in [1.165, 1.54) is 6.42 Å². The molecule has 2 N–H and O–H groups in total. The number of carbonyl (C=O) groups excluding carboxylic acids is 1. The number of amides is 1. The SMILES string of the molecule is CCCCC(=O)NCC1CCCC1CO. The molecule has 1 fully saturated rings.